The number of carbonyl (C=O) groups excluding carboxylic acids is 1. The van der Waals surface area contributed by atoms with Crippen molar-refractivity contribution in [3.8, 4) is 22.9 Å². The van der Waals surface area contributed by atoms with Crippen LogP contribution >= 0.6 is 0 Å². The average molecular weight is 408 g/mol. The van der Waals surface area contributed by atoms with E-state index in [9.17, 15) is 4.79 Å². The van der Waals surface area contributed by atoms with Gasteiger partial charge in [0.25, 0.3) is 0 Å². The highest BCUT2D eigenvalue weighted by atomic mass is 16.6. The van der Waals surface area contributed by atoms with Crippen LogP contribution in [0.5, 0.6) is 5.75 Å². The van der Waals surface area contributed by atoms with Crippen molar-refractivity contribution >= 4 is 5.97 Å². The normalized spacial score (nSPS) is 12.2. The Balaban J connectivity index is 0.000000976. The number of hydrogen-bond donors (Lipinski definition) is 0. The van der Waals surface area contributed by atoms with Crippen molar-refractivity contribution in [2.45, 2.75) is 39.5 Å². The largest absolute Gasteiger partial charge is 0.464 e. The van der Waals surface area contributed by atoms with Gasteiger partial charge in [0.15, 0.2) is 0 Å². The number of nitrogens with zero attached hydrogens (tertiary/aromatic N) is 1. The molecule has 2 aromatic rings. The van der Waals surface area contributed by atoms with Crippen LogP contribution in [-0.2, 0) is 14.3 Å². The molecule has 0 bridgehead atoms. The zero-order chi connectivity index (χ0) is 21.6. The van der Waals surface area contributed by atoms with E-state index in [1.54, 1.807) is 19.1 Å². The second-order valence-corrected chi connectivity index (χ2v) is 6.94. The molecule has 1 saturated heterocycles. The molecule has 0 aromatic heterocycles. The monoisotopic (exact) mass is 407 g/mol. The van der Waals surface area contributed by atoms with Crippen molar-refractivity contribution < 1.29 is 19.0 Å². The van der Waals surface area contributed by atoms with Gasteiger partial charge in [-0.2, -0.15) is 5.26 Å². The first-order valence-corrected chi connectivity index (χ1v) is 10.3. The second kappa shape index (κ2) is 13.2. The molecule has 3 rings (SSSR count). The van der Waals surface area contributed by atoms with Crippen molar-refractivity contribution in [3.05, 3.63) is 65.9 Å². The van der Waals surface area contributed by atoms with Crippen LogP contribution in [0.25, 0.3) is 11.1 Å². The van der Waals surface area contributed by atoms with Crippen molar-refractivity contribution in [2.75, 3.05) is 19.8 Å². The predicted octanol–water partition coefficient (Wildman–Crippen LogP) is 5.65. The molecule has 5 nitrogen and oxygen atoms in total. The van der Waals surface area contributed by atoms with Gasteiger partial charge in [0.05, 0.1) is 37.0 Å². The minimum atomic E-state index is -0.347. The van der Waals surface area contributed by atoms with Crippen LogP contribution in [-0.4, -0.2) is 25.8 Å². The standard InChI is InChI=1S/C23H25NO3.C2H4O/c1-3-4-5-6-15-26-23(25)18(2)17-27-22-13-11-21(12-14-22)20-9-7-19(16-24)8-10-20;1-2-3-1/h7-14,17H,3-6,15H2,1-2H3;1-2H2. The van der Waals surface area contributed by atoms with Crippen LogP contribution in [0.15, 0.2) is 60.4 Å². The summed E-state index contributed by atoms with van der Waals surface area (Å²) >= 11 is 0. The SMILES string of the molecule is C1CO1.CCCCCCOC(=O)C(C)=COc1ccc(-c2ccc(C#N)cc2)cc1. The highest BCUT2D eigenvalue weighted by molar-refractivity contribution is 5.87. The summed E-state index contributed by atoms with van der Waals surface area (Å²) in [6, 6.07) is 17.1. The summed E-state index contributed by atoms with van der Waals surface area (Å²) in [5, 5.41) is 8.86. The number of carbonyl (C=O) groups is 1. The lowest BCUT2D eigenvalue weighted by molar-refractivity contribution is -0.139. The molecule has 1 heterocycles. The molecule has 0 N–H and O–H groups in total. The topological polar surface area (TPSA) is 71.8 Å². The van der Waals surface area contributed by atoms with Crippen LogP contribution in [0.2, 0.25) is 0 Å². The molecule has 158 valence electrons. The molecule has 1 fully saturated rings. The number of ether oxygens (including phenoxy) is 3. The van der Waals surface area contributed by atoms with Crippen LogP contribution in [0, 0.1) is 11.3 Å². The van der Waals surface area contributed by atoms with Crippen molar-refractivity contribution in [2.24, 2.45) is 0 Å². The lowest BCUT2D eigenvalue weighted by atomic mass is 10.0. The van der Waals surface area contributed by atoms with E-state index in [2.05, 4.69) is 17.7 Å². The lowest BCUT2D eigenvalue weighted by Crippen LogP contribution is -2.08. The van der Waals surface area contributed by atoms with Gasteiger partial charge >= 0.3 is 5.97 Å². The minimum absolute atomic E-state index is 0.347. The Morgan fingerprint density at radius 2 is 1.63 bits per heavy atom. The molecule has 5 heteroatoms. The molecule has 2 aromatic carbocycles. The number of epoxide rings is 1. The summed E-state index contributed by atoms with van der Waals surface area (Å²) < 4.78 is 15.3. The van der Waals surface area contributed by atoms with E-state index < -0.39 is 0 Å². The van der Waals surface area contributed by atoms with E-state index in [1.807, 2.05) is 36.4 Å². The average Bonchev–Trinajstić information content (AvgIpc) is 3.67. The van der Waals surface area contributed by atoms with Crippen LogP contribution in [0.3, 0.4) is 0 Å². The summed E-state index contributed by atoms with van der Waals surface area (Å²) in [5.41, 5.74) is 3.12. The third-order valence-corrected chi connectivity index (χ3v) is 4.33. The molecule has 0 radical (unpaired) electrons. The maximum absolute atomic E-state index is 11.9. The Morgan fingerprint density at radius 1 is 1.03 bits per heavy atom. The molecule has 0 saturated carbocycles. The van der Waals surface area contributed by atoms with Crippen LogP contribution in [0.4, 0.5) is 0 Å². The second-order valence-electron chi connectivity index (χ2n) is 6.94. The quantitative estimate of drug-likeness (QED) is 0.177. The number of rotatable bonds is 9. The number of hydrogen-bond acceptors (Lipinski definition) is 5. The molecule has 30 heavy (non-hydrogen) atoms. The summed E-state index contributed by atoms with van der Waals surface area (Å²) in [6.07, 6.45) is 5.71. The van der Waals surface area contributed by atoms with E-state index in [0.29, 0.717) is 23.5 Å². The number of benzene rings is 2. The third-order valence-electron chi connectivity index (χ3n) is 4.33. The van der Waals surface area contributed by atoms with Crippen LogP contribution < -0.4 is 4.74 Å². The smallest absolute Gasteiger partial charge is 0.336 e. The summed E-state index contributed by atoms with van der Waals surface area (Å²) in [4.78, 5) is 11.9. The fourth-order valence-corrected chi connectivity index (χ4v) is 2.48. The van der Waals surface area contributed by atoms with E-state index in [1.165, 1.54) is 6.26 Å². The van der Waals surface area contributed by atoms with Gasteiger partial charge in [0.1, 0.15) is 12.0 Å². The zero-order valence-electron chi connectivity index (χ0n) is 17.7. The Hall–Kier alpha value is -3.10. The van der Waals surface area contributed by atoms with Gasteiger partial charge in [-0.05, 0) is 48.7 Å². The Morgan fingerprint density at radius 3 is 2.17 bits per heavy atom. The first-order chi connectivity index (χ1) is 14.6. The van der Waals surface area contributed by atoms with E-state index >= 15 is 0 Å². The molecule has 1 aliphatic heterocycles. The Labute approximate surface area is 178 Å². The maximum Gasteiger partial charge on any atom is 0.336 e. The molecule has 0 aliphatic carbocycles. The van der Waals surface area contributed by atoms with Gasteiger partial charge in [-0.25, -0.2) is 4.79 Å². The van der Waals surface area contributed by atoms with Gasteiger partial charge in [0, 0.05) is 0 Å². The van der Waals surface area contributed by atoms with Crippen molar-refractivity contribution in [1.82, 2.24) is 0 Å². The van der Waals surface area contributed by atoms with E-state index in [-0.39, 0.29) is 5.97 Å². The predicted molar refractivity (Wildman–Crippen MR) is 117 cm³/mol. The van der Waals surface area contributed by atoms with Gasteiger partial charge in [-0.3, -0.25) is 0 Å². The van der Waals surface area contributed by atoms with Crippen LogP contribution in [0.1, 0.15) is 45.1 Å². The van der Waals surface area contributed by atoms with E-state index in [0.717, 1.165) is 50.0 Å². The van der Waals surface area contributed by atoms with Gasteiger partial charge in [-0.15, -0.1) is 0 Å². The minimum Gasteiger partial charge on any atom is -0.464 e. The van der Waals surface area contributed by atoms with Gasteiger partial charge in [0.2, 0.25) is 0 Å². The summed E-state index contributed by atoms with van der Waals surface area (Å²) in [6.45, 7) is 6.27. The molecule has 1 aliphatic rings. The third kappa shape index (κ3) is 8.93. The number of esters is 1. The first kappa shape index (κ1) is 23.2. The molecular weight excluding hydrogens is 378 g/mol. The molecule has 0 amide bonds. The molecular formula is C25H29NO4. The molecule has 0 atom stereocenters. The van der Waals surface area contributed by atoms with Crippen molar-refractivity contribution in [1.29, 1.82) is 5.26 Å². The maximum atomic E-state index is 11.9. The Bertz CT molecular complexity index is 843. The Kier molecular flexibility index (Phi) is 10.2. The van der Waals surface area contributed by atoms with Gasteiger partial charge in [-0.1, -0.05) is 50.5 Å². The molecule has 0 unspecified atom stereocenters. The molecule has 0 spiro atoms. The fourth-order valence-electron chi connectivity index (χ4n) is 2.48. The summed E-state index contributed by atoms with van der Waals surface area (Å²) in [5.74, 6) is 0.295. The zero-order valence-corrected chi connectivity index (χ0v) is 17.7. The fraction of sp³-hybridized carbons (Fsp3) is 0.360. The van der Waals surface area contributed by atoms with Crippen molar-refractivity contribution in [3.63, 3.8) is 0 Å². The summed E-state index contributed by atoms with van der Waals surface area (Å²) in [7, 11) is 0. The van der Waals surface area contributed by atoms with Gasteiger partial charge < -0.3 is 14.2 Å². The highest BCUT2D eigenvalue weighted by Gasteiger charge is 2.06. The first-order valence-electron chi connectivity index (χ1n) is 10.3. The lowest BCUT2D eigenvalue weighted by Gasteiger charge is -2.06. The number of nitriles is 1. The number of unbranched alkanes of at least 4 members (excludes halogenated alkanes) is 3. The van der Waals surface area contributed by atoms with E-state index in [4.69, 9.17) is 14.7 Å². The highest BCUT2D eigenvalue weighted by Crippen LogP contribution is 2.23.